The summed E-state index contributed by atoms with van der Waals surface area (Å²) in [5, 5.41) is 13.3. The largest absolute Gasteiger partial charge is 0.479 e. The van der Waals surface area contributed by atoms with Gasteiger partial charge in [0.25, 0.3) is 5.91 Å². The standard InChI is InChI=1S/C14H21N3O4/c1-9-10(7-15-17(9)14(2,3)4)12(18)16-5-6-21-11(8-16)13(19)20/h7,11H,5-6,8H2,1-4H3,(H,19,20). The Hall–Kier alpha value is -1.89. The zero-order valence-corrected chi connectivity index (χ0v) is 12.8. The van der Waals surface area contributed by atoms with Crippen LogP contribution in [-0.4, -0.2) is 57.5 Å². The number of carboxylic acid groups (broad SMARTS) is 1. The molecule has 1 aliphatic heterocycles. The minimum absolute atomic E-state index is 0.0638. The van der Waals surface area contributed by atoms with Gasteiger partial charge in [0.2, 0.25) is 0 Å². The summed E-state index contributed by atoms with van der Waals surface area (Å²) in [6.07, 6.45) is 0.592. The van der Waals surface area contributed by atoms with Gasteiger partial charge < -0.3 is 14.7 Å². The summed E-state index contributed by atoms with van der Waals surface area (Å²) < 4.78 is 6.93. The van der Waals surface area contributed by atoms with E-state index in [0.29, 0.717) is 12.1 Å². The molecule has 7 nitrogen and oxygen atoms in total. The van der Waals surface area contributed by atoms with E-state index in [1.165, 1.54) is 4.90 Å². The number of nitrogens with zero attached hydrogens (tertiary/aromatic N) is 3. The molecule has 2 rings (SSSR count). The molecule has 1 fully saturated rings. The summed E-state index contributed by atoms with van der Waals surface area (Å²) in [6.45, 7) is 8.57. The van der Waals surface area contributed by atoms with Crippen LogP contribution in [0.2, 0.25) is 0 Å². The average molecular weight is 295 g/mol. The van der Waals surface area contributed by atoms with Crippen molar-refractivity contribution in [2.45, 2.75) is 39.3 Å². The zero-order valence-electron chi connectivity index (χ0n) is 12.8. The second kappa shape index (κ2) is 5.48. The first kappa shape index (κ1) is 15.5. The van der Waals surface area contributed by atoms with Crippen LogP contribution in [0.4, 0.5) is 0 Å². The first-order valence-corrected chi connectivity index (χ1v) is 6.90. The number of carbonyl (C=O) groups excluding carboxylic acids is 1. The van der Waals surface area contributed by atoms with Crippen LogP contribution in [-0.2, 0) is 15.1 Å². The molecule has 1 aromatic rings. The summed E-state index contributed by atoms with van der Waals surface area (Å²) in [4.78, 5) is 25.0. The van der Waals surface area contributed by atoms with Crippen LogP contribution < -0.4 is 0 Å². The van der Waals surface area contributed by atoms with Crippen molar-refractivity contribution < 1.29 is 19.4 Å². The number of carboxylic acids is 1. The Morgan fingerprint density at radius 2 is 2.10 bits per heavy atom. The van der Waals surface area contributed by atoms with Gasteiger partial charge in [-0.3, -0.25) is 9.48 Å². The third-order valence-corrected chi connectivity index (χ3v) is 3.50. The van der Waals surface area contributed by atoms with E-state index in [2.05, 4.69) is 5.10 Å². The second-order valence-corrected chi connectivity index (χ2v) is 6.18. The lowest BCUT2D eigenvalue weighted by atomic mass is 10.1. The van der Waals surface area contributed by atoms with E-state index in [1.54, 1.807) is 10.9 Å². The Morgan fingerprint density at radius 1 is 1.43 bits per heavy atom. The van der Waals surface area contributed by atoms with Gasteiger partial charge in [0.05, 0.1) is 30.5 Å². The van der Waals surface area contributed by atoms with Crippen molar-refractivity contribution in [3.8, 4) is 0 Å². The van der Waals surface area contributed by atoms with Crippen molar-refractivity contribution in [1.82, 2.24) is 14.7 Å². The molecule has 1 saturated heterocycles. The Morgan fingerprint density at radius 3 is 2.62 bits per heavy atom. The highest BCUT2D eigenvalue weighted by Gasteiger charge is 2.31. The maximum absolute atomic E-state index is 12.6. The van der Waals surface area contributed by atoms with Gasteiger partial charge in [-0.2, -0.15) is 5.10 Å². The highest BCUT2D eigenvalue weighted by molar-refractivity contribution is 5.95. The van der Waals surface area contributed by atoms with Crippen LogP contribution in [0.15, 0.2) is 6.20 Å². The number of carbonyl (C=O) groups is 2. The Labute approximate surface area is 123 Å². The van der Waals surface area contributed by atoms with Gasteiger partial charge in [-0.15, -0.1) is 0 Å². The normalized spacial score (nSPS) is 19.6. The van der Waals surface area contributed by atoms with Crippen LogP contribution in [0.5, 0.6) is 0 Å². The van der Waals surface area contributed by atoms with E-state index in [0.717, 1.165) is 5.69 Å². The molecule has 1 atom stereocenters. The van der Waals surface area contributed by atoms with Gasteiger partial charge >= 0.3 is 5.97 Å². The van der Waals surface area contributed by atoms with Gasteiger partial charge in [-0.25, -0.2) is 4.79 Å². The molecule has 0 radical (unpaired) electrons. The fraction of sp³-hybridized carbons (Fsp3) is 0.643. The summed E-state index contributed by atoms with van der Waals surface area (Å²) in [5.41, 5.74) is 1.08. The van der Waals surface area contributed by atoms with Crippen molar-refractivity contribution in [3.05, 3.63) is 17.5 Å². The number of hydrogen-bond donors (Lipinski definition) is 1. The third-order valence-electron chi connectivity index (χ3n) is 3.50. The van der Waals surface area contributed by atoms with Crippen molar-refractivity contribution in [2.24, 2.45) is 0 Å². The molecule has 1 aromatic heterocycles. The molecule has 1 unspecified atom stereocenters. The predicted molar refractivity (Wildman–Crippen MR) is 75.2 cm³/mol. The molecule has 0 spiro atoms. The van der Waals surface area contributed by atoms with E-state index in [-0.39, 0.29) is 24.6 Å². The van der Waals surface area contributed by atoms with Gasteiger partial charge in [0.1, 0.15) is 0 Å². The quantitative estimate of drug-likeness (QED) is 0.875. The fourth-order valence-corrected chi connectivity index (χ4v) is 2.45. The first-order chi connectivity index (χ1) is 9.71. The number of hydrogen-bond acceptors (Lipinski definition) is 4. The number of morpholine rings is 1. The molecule has 0 bridgehead atoms. The maximum Gasteiger partial charge on any atom is 0.334 e. The number of rotatable bonds is 2. The zero-order chi connectivity index (χ0) is 15.8. The van der Waals surface area contributed by atoms with E-state index in [9.17, 15) is 9.59 Å². The number of aliphatic carboxylic acids is 1. The van der Waals surface area contributed by atoms with Crippen LogP contribution in [0.3, 0.4) is 0 Å². The average Bonchev–Trinajstić information content (AvgIpc) is 2.79. The highest BCUT2D eigenvalue weighted by Crippen LogP contribution is 2.20. The Balaban J connectivity index is 2.21. The minimum atomic E-state index is -1.05. The molecule has 1 N–H and O–H groups in total. The molecule has 0 saturated carbocycles. The van der Waals surface area contributed by atoms with Gasteiger partial charge in [-0.1, -0.05) is 0 Å². The molecule has 1 aliphatic rings. The first-order valence-electron chi connectivity index (χ1n) is 6.90. The predicted octanol–water partition coefficient (Wildman–Crippen LogP) is 0.872. The minimum Gasteiger partial charge on any atom is -0.479 e. The summed E-state index contributed by atoms with van der Waals surface area (Å²) >= 11 is 0. The van der Waals surface area contributed by atoms with E-state index in [1.807, 2.05) is 27.7 Å². The maximum atomic E-state index is 12.6. The van der Waals surface area contributed by atoms with Crippen molar-refractivity contribution in [1.29, 1.82) is 0 Å². The van der Waals surface area contributed by atoms with Crippen LogP contribution >= 0.6 is 0 Å². The highest BCUT2D eigenvalue weighted by atomic mass is 16.5. The summed E-state index contributed by atoms with van der Waals surface area (Å²) in [6, 6.07) is 0. The molecule has 21 heavy (non-hydrogen) atoms. The lowest BCUT2D eigenvalue weighted by Crippen LogP contribution is -2.48. The van der Waals surface area contributed by atoms with Gasteiger partial charge in [0, 0.05) is 12.2 Å². The monoisotopic (exact) mass is 295 g/mol. The Kier molecular flexibility index (Phi) is 4.04. The van der Waals surface area contributed by atoms with E-state index >= 15 is 0 Å². The molecule has 1 amide bonds. The van der Waals surface area contributed by atoms with Crippen molar-refractivity contribution >= 4 is 11.9 Å². The van der Waals surface area contributed by atoms with Crippen LogP contribution in [0, 0.1) is 6.92 Å². The molecule has 116 valence electrons. The smallest absolute Gasteiger partial charge is 0.334 e. The second-order valence-electron chi connectivity index (χ2n) is 6.18. The SMILES string of the molecule is Cc1c(C(=O)N2CCOC(C(=O)O)C2)cnn1C(C)(C)C. The van der Waals surface area contributed by atoms with Crippen molar-refractivity contribution in [3.63, 3.8) is 0 Å². The summed E-state index contributed by atoms with van der Waals surface area (Å²) in [5.74, 6) is -1.24. The topological polar surface area (TPSA) is 84.7 Å². The van der Waals surface area contributed by atoms with Gasteiger partial charge in [0.15, 0.2) is 6.10 Å². The molecule has 7 heteroatoms. The molecular formula is C14H21N3O4. The number of amides is 1. The van der Waals surface area contributed by atoms with E-state index < -0.39 is 12.1 Å². The molecule has 2 heterocycles. The number of aromatic nitrogens is 2. The summed E-state index contributed by atoms with van der Waals surface area (Å²) in [7, 11) is 0. The van der Waals surface area contributed by atoms with Crippen molar-refractivity contribution in [2.75, 3.05) is 19.7 Å². The molecule has 0 aliphatic carbocycles. The van der Waals surface area contributed by atoms with E-state index in [4.69, 9.17) is 9.84 Å². The Bertz CT molecular complexity index is 559. The van der Waals surface area contributed by atoms with Crippen LogP contribution in [0.1, 0.15) is 36.8 Å². The molecular weight excluding hydrogens is 274 g/mol. The third kappa shape index (κ3) is 3.07. The number of ether oxygens (including phenoxy) is 1. The van der Waals surface area contributed by atoms with Crippen LogP contribution in [0.25, 0.3) is 0 Å². The lowest BCUT2D eigenvalue weighted by Gasteiger charge is -2.31. The lowest BCUT2D eigenvalue weighted by molar-refractivity contribution is -0.154. The molecule has 0 aromatic carbocycles. The van der Waals surface area contributed by atoms with Gasteiger partial charge in [-0.05, 0) is 27.7 Å². The fourth-order valence-electron chi connectivity index (χ4n) is 2.45.